The van der Waals surface area contributed by atoms with E-state index in [-0.39, 0.29) is 6.07 Å². The molecule has 0 aliphatic heterocycles. The van der Waals surface area contributed by atoms with Crippen molar-refractivity contribution >= 4 is 9.84 Å². The zero-order valence-corrected chi connectivity index (χ0v) is 11.7. The lowest BCUT2D eigenvalue weighted by molar-refractivity contribution is -0.106. The minimum atomic E-state index is -5.04. The number of alkyl halides is 3. The largest absolute Gasteiger partial charge is 0.403 e. The van der Waals surface area contributed by atoms with E-state index in [2.05, 4.69) is 4.98 Å². The van der Waals surface area contributed by atoms with Crippen LogP contribution in [0.5, 0.6) is 0 Å². The van der Waals surface area contributed by atoms with Crippen LogP contribution in [0.3, 0.4) is 0 Å². The lowest BCUT2D eigenvalue weighted by atomic mass is 9.91. The molecule has 3 nitrogen and oxygen atoms in total. The highest BCUT2D eigenvalue weighted by Gasteiger charge is 2.39. The lowest BCUT2D eigenvalue weighted by Gasteiger charge is -2.19. The van der Waals surface area contributed by atoms with Gasteiger partial charge in [0.25, 0.3) is 0 Å². The average molecular weight is 317 g/mol. The molecular weight excluding hydrogens is 305 g/mol. The monoisotopic (exact) mass is 317 g/mol. The Kier molecular flexibility index (Phi) is 4.15. The maximum Gasteiger partial charge on any atom is 0.403 e. The van der Waals surface area contributed by atoms with E-state index in [1.165, 1.54) is 20.8 Å². The quantitative estimate of drug-likeness (QED) is 0.788. The summed E-state index contributed by atoms with van der Waals surface area (Å²) in [7, 11) is -5.03. The topological polar surface area (TPSA) is 47.0 Å². The highest BCUT2D eigenvalue weighted by molar-refractivity contribution is 7.91. The average Bonchev–Trinajstić information content (AvgIpc) is 2.09. The molecule has 0 atom stereocenters. The van der Waals surface area contributed by atoms with Crippen molar-refractivity contribution in [2.24, 2.45) is 0 Å². The molecule has 0 saturated heterocycles. The third-order valence-corrected chi connectivity index (χ3v) is 3.84. The summed E-state index contributed by atoms with van der Waals surface area (Å²) < 4.78 is 86.5. The zero-order valence-electron chi connectivity index (χ0n) is 10.8. The Morgan fingerprint density at radius 2 is 1.60 bits per heavy atom. The molecule has 1 aromatic rings. The van der Waals surface area contributed by atoms with Crippen LogP contribution in [0.25, 0.3) is 0 Å². The van der Waals surface area contributed by atoms with Gasteiger partial charge >= 0.3 is 6.18 Å². The molecule has 0 unspecified atom stereocenters. The molecular formula is C11H12F5NO2S. The fourth-order valence-electron chi connectivity index (χ4n) is 1.48. The van der Waals surface area contributed by atoms with Gasteiger partial charge in [-0.25, -0.2) is 22.2 Å². The van der Waals surface area contributed by atoms with E-state index in [9.17, 15) is 30.4 Å². The van der Waals surface area contributed by atoms with Crippen LogP contribution in [0, 0.1) is 11.6 Å². The summed E-state index contributed by atoms with van der Waals surface area (Å²) in [5.41, 5.74) is -1.40. The summed E-state index contributed by atoms with van der Waals surface area (Å²) in [6, 6.07) is 0.233. The second-order valence-corrected chi connectivity index (χ2v) is 7.13. The van der Waals surface area contributed by atoms with Crippen molar-refractivity contribution in [2.45, 2.75) is 37.4 Å². The molecule has 1 heterocycles. The number of pyridine rings is 1. The Bertz CT molecular complexity index is 617. The van der Waals surface area contributed by atoms with Crippen molar-refractivity contribution in [3.63, 3.8) is 0 Å². The number of halogens is 5. The van der Waals surface area contributed by atoms with Gasteiger partial charge in [-0.2, -0.15) is 13.2 Å². The summed E-state index contributed by atoms with van der Waals surface area (Å²) in [4.78, 5) is 3.26. The van der Waals surface area contributed by atoms with Gasteiger partial charge in [-0.15, -0.1) is 0 Å². The van der Waals surface area contributed by atoms with Crippen molar-refractivity contribution in [2.75, 3.05) is 5.75 Å². The molecule has 1 aromatic heterocycles. The maximum atomic E-state index is 13.5. The van der Waals surface area contributed by atoms with Gasteiger partial charge in [0, 0.05) is 11.5 Å². The summed E-state index contributed by atoms with van der Waals surface area (Å²) in [5, 5.41) is -1.39. The minimum absolute atomic E-state index is 0.233. The summed E-state index contributed by atoms with van der Waals surface area (Å²) in [6.45, 7) is 4.41. The van der Waals surface area contributed by atoms with Gasteiger partial charge in [-0.1, -0.05) is 20.8 Å². The van der Waals surface area contributed by atoms with Crippen molar-refractivity contribution < 1.29 is 30.4 Å². The maximum absolute atomic E-state index is 13.5. The van der Waals surface area contributed by atoms with Crippen molar-refractivity contribution in [3.05, 3.63) is 23.4 Å². The Morgan fingerprint density at radius 1 is 1.10 bits per heavy atom. The van der Waals surface area contributed by atoms with Gasteiger partial charge in [-0.05, 0) is 0 Å². The van der Waals surface area contributed by atoms with Gasteiger partial charge in [0.1, 0.15) is 5.82 Å². The van der Waals surface area contributed by atoms with E-state index in [1.54, 1.807) is 0 Å². The first kappa shape index (κ1) is 16.8. The van der Waals surface area contributed by atoms with Crippen LogP contribution in [0.4, 0.5) is 22.0 Å². The van der Waals surface area contributed by atoms with Crippen LogP contribution in [0.2, 0.25) is 0 Å². The Balaban J connectivity index is 3.47. The van der Waals surface area contributed by atoms with Crippen LogP contribution in [-0.2, 0) is 15.3 Å². The van der Waals surface area contributed by atoms with Gasteiger partial charge in [-0.3, -0.25) is 0 Å². The molecule has 0 saturated carbocycles. The third-order valence-electron chi connectivity index (χ3n) is 2.26. The second-order valence-electron chi connectivity index (χ2n) is 5.23. The van der Waals surface area contributed by atoms with E-state index >= 15 is 0 Å². The molecule has 0 bridgehead atoms. The molecule has 0 aliphatic carbocycles. The Labute approximate surface area is 112 Å². The van der Waals surface area contributed by atoms with E-state index in [0.717, 1.165) is 0 Å². The minimum Gasteiger partial charge on any atom is -0.235 e. The van der Waals surface area contributed by atoms with E-state index in [0.29, 0.717) is 0 Å². The fourth-order valence-corrected chi connectivity index (χ4v) is 2.63. The smallest absolute Gasteiger partial charge is 0.235 e. The molecule has 0 spiro atoms. The van der Waals surface area contributed by atoms with Crippen LogP contribution < -0.4 is 0 Å². The third kappa shape index (κ3) is 3.87. The van der Waals surface area contributed by atoms with Crippen molar-refractivity contribution in [1.82, 2.24) is 4.98 Å². The van der Waals surface area contributed by atoms with Crippen LogP contribution >= 0.6 is 0 Å². The molecule has 1 rings (SSSR count). The number of hydrogen-bond acceptors (Lipinski definition) is 3. The second kappa shape index (κ2) is 4.94. The van der Waals surface area contributed by atoms with Crippen molar-refractivity contribution in [1.29, 1.82) is 0 Å². The van der Waals surface area contributed by atoms with Gasteiger partial charge in [0.05, 0.1) is 5.69 Å². The summed E-state index contributed by atoms with van der Waals surface area (Å²) in [6.07, 6.45) is -5.04. The van der Waals surface area contributed by atoms with Gasteiger partial charge < -0.3 is 0 Å². The first-order chi connectivity index (χ1) is 8.74. The molecule has 20 heavy (non-hydrogen) atoms. The number of sulfone groups is 1. The van der Waals surface area contributed by atoms with Crippen LogP contribution in [0.1, 0.15) is 26.5 Å². The molecule has 0 N–H and O–H groups in total. The van der Waals surface area contributed by atoms with E-state index in [1.807, 2.05) is 0 Å². The molecule has 0 aliphatic rings. The number of nitrogens with zero attached hydrogens (tertiary/aromatic N) is 1. The molecule has 0 radical (unpaired) electrons. The van der Waals surface area contributed by atoms with Crippen molar-refractivity contribution in [3.8, 4) is 0 Å². The molecule has 0 aromatic carbocycles. The predicted octanol–water partition coefficient (Wildman–Crippen LogP) is 2.99. The van der Waals surface area contributed by atoms with Crippen LogP contribution in [-0.4, -0.2) is 25.3 Å². The predicted molar refractivity (Wildman–Crippen MR) is 61.0 cm³/mol. The first-order valence-electron chi connectivity index (χ1n) is 5.40. The SMILES string of the molecule is CC(C)(C)c1nc(S(=O)(=O)CC(F)(F)F)c(F)cc1F. The number of rotatable bonds is 2. The van der Waals surface area contributed by atoms with E-state index in [4.69, 9.17) is 0 Å². The first-order valence-corrected chi connectivity index (χ1v) is 7.05. The summed E-state index contributed by atoms with van der Waals surface area (Å²) in [5.74, 6) is -5.00. The summed E-state index contributed by atoms with van der Waals surface area (Å²) >= 11 is 0. The van der Waals surface area contributed by atoms with Gasteiger partial charge in [0.2, 0.25) is 9.84 Å². The highest BCUT2D eigenvalue weighted by atomic mass is 32.2. The zero-order chi connectivity index (χ0) is 15.9. The van der Waals surface area contributed by atoms with E-state index < -0.39 is 49.5 Å². The molecule has 114 valence electrons. The Morgan fingerprint density at radius 3 is 2.00 bits per heavy atom. The molecule has 0 amide bonds. The molecule has 0 fully saturated rings. The number of aromatic nitrogens is 1. The lowest BCUT2D eigenvalue weighted by Crippen LogP contribution is -2.26. The normalized spacial score (nSPS) is 13.6. The standard InChI is InChI=1S/C11H12F5NO2S/c1-10(2,3)8-6(12)4-7(13)9(17-8)20(18,19)5-11(14,15)16/h4H,5H2,1-3H3. The van der Waals surface area contributed by atoms with Gasteiger partial charge in [0.15, 0.2) is 16.6 Å². The van der Waals surface area contributed by atoms with Crippen LogP contribution in [0.15, 0.2) is 11.1 Å². The highest BCUT2D eigenvalue weighted by Crippen LogP contribution is 2.28. The molecule has 9 heteroatoms. The fraction of sp³-hybridized carbons (Fsp3) is 0.545. The number of hydrogen-bond donors (Lipinski definition) is 0. The Hall–Kier alpha value is -1.25.